The van der Waals surface area contributed by atoms with Crippen LogP contribution in [0.15, 0.2) is 0 Å². The van der Waals surface area contributed by atoms with E-state index in [9.17, 15) is 19.6 Å². The van der Waals surface area contributed by atoms with Gasteiger partial charge in [0.15, 0.2) is 0 Å². The van der Waals surface area contributed by atoms with Gasteiger partial charge >= 0.3 is 29.6 Å². The molecule has 0 aromatic carbocycles. The average Bonchev–Trinajstić information content (AvgIpc) is 2.39. The molecule has 0 aliphatic heterocycles. The van der Waals surface area contributed by atoms with Crippen LogP contribution in [-0.4, -0.2) is 37.1 Å². The molecule has 0 saturated carbocycles. The Balaban J connectivity index is -0.000000468. The van der Waals surface area contributed by atoms with E-state index in [-0.39, 0.29) is 40.8 Å². The normalized spacial score (nSPS) is 11.5. The summed E-state index contributed by atoms with van der Waals surface area (Å²) in [4.78, 5) is 19.0. The van der Waals surface area contributed by atoms with E-state index in [0.717, 1.165) is 13.0 Å². The molecule has 0 aromatic heterocycles. The fraction of sp³-hybridized carbons (Fsp3) is 1.00. The van der Waals surface area contributed by atoms with Gasteiger partial charge in [-0.05, 0) is 19.8 Å². The molecule has 0 spiro atoms. The van der Waals surface area contributed by atoms with E-state index in [2.05, 4.69) is 11.4 Å². The number of hydrogen-bond acceptors (Lipinski definition) is 5. The predicted octanol–water partition coefficient (Wildman–Crippen LogP) is 0.229. The molecule has 0 atom stereocenters. The van der Waals surface area contributed by atoms with Gasteiger partial charge in [-0.25, -0.2) is 5.21 Å². The summed E-state index contributed by atoms with van der Waals surface area (Å²) in [6.45, 7) is 4.50. The van der Waals surface area contributed by atoms with Crippen molar-refractivity contribution in [3.63, 3.8) is 0 Å². The molecular formula is C16H37NNaO5P. The predicted molar refractivity (Wildman–Crippen MR) is 89.8 cm³/mol. The molecular weight excluding hydrogens is 340 g/mol. The monoisotopic (exact) mass is 377 g/mol. The summed E-state index contributed by atoms with van der Waals surface area (Å²) in [6.07, 6.45) is 13.6. The van der Waals surface area contributed by atoms with E-state index in [1.165, 1.54) is 64.7 Å². The molecule has 142 valence electrons. The molecule has 8 heteroatoms. The van der Waals surface area contributed by atoms with Crippen LogP contribution in [0.1, 0.15) is 78.1 Å². The van der Waals surface area contributed by atoms with E-state index in [1.807, 2.05) is 14.1 Å². The Kier molecular flexibility index (Phi) is 23.3. The molecule has 0 aliphatic rings. The number of phosphoric acid groups is 1. The van der Waals surface area contributed by atoms with Crippen LogP contribution in [0.2, 0.25) is 0 Å². The fourth-order valence-corrected chi connectivity index (χ4v) is 2.46. The first-order valence-corrected chi connectivity index (χ1v) is 10.3. The van der Waals surface area contributed by atoms with Gasteiger partial charge in [-0.1, -0.05) is 58.3 Å². The first-order chi connectivity index (χ1) is 10.6. The second kappa shape index (κ2) is 18.8. The maximum Gasteiger partial charge on any atom is 1.00 e. The van der Waals surface area contributed by atoms with Crippen LogP contribution in [0.4, 0.5) is 0 Å². The first kappa shape index (κ1) is 29.8. The third kappa shape index (κ3) is 34.4. The second-order valence-electron chi connectivity index (χ2n) is 6.39. The van der Waals surface area contributed by atoms with Crippen LogP contribution < -0.4 is 39.3 Å². The fourth-order valence-electron chi connectivity index (χ4n) is 2.14. The standard InChI is InChI=1S/C14H32NO.C2H7O4P.Na/c1-4-5-6-7-8-9-10-11-12-13-14-15(2,3)16;1-2-6-7(3,4)5;/h16H,4-14H2,1-3H3;2H2,1H3,(H2,3,4,5);/q+1;;+1/p-2. The quantitative estimate of drug-likeness (QED) is 0.163. The number of rotatable bonds is 13. The average molecular weight is 377 g/mol. The molecule has 0 aliphatic carbocycles. The Hall–Kier alpha value is 1.03. The van der Waals surface area contributed by atoms with Crippen molar-refractivity contribution >= 4 is 7.82 Å². The number of hydroxylamine groups is 3. The van der Waals surface area contributed by atoms with Gasteiger partial charge in [-0.2, -0.15) is 4.65 Å². The maximum absolute atomic E-state index is 9.48. The summed E-state index contributed by atoms with van der Waals surface area (Å²) >= 11 is 0. The summed E-state index contributed by atoms with van der Waals surface area (Å²) in [5.74, 6) is 0. The minimum absolute atomic E-state index is 0. The van der Waals surface area contributed by atoms with Crippen molar-refractivity contribution in [2.24, 2.45) is 0 Å². The van der Waals surface area contributed by atoms with Crippen LogP contribution in [0, 0.1) is 0 Å². The van der Waals surface area contributed by atoms with Crippen molar-refractivity contribution in [3.05, 3.63) is 0 Å². The zero-order valence-electron chi connectivity index (χ0n) is 16.5. The van der Waals surface area contributed by atoms with Gasteiger partial charge in [0, 0.05) is 6.61 Å². The molecule has 1 N–H and O–H groups in total. The van der Waals surface area contributed by atoms with E-state index < -0.39 is 7.82 Å². The van der Waals surface area contributed by atoms with Crippen molar-refractivity contribution in [2.45, 2.75) is 78.1 Å². The molecule has 0 aromatic rings. The van der Waals surface area contributed by atoms with Gasteiger partial charge in [0.2, 0.25) is 0 Å². The number of quaternary nitrogens is 1. The van der Waals surface area contributed by atoms with Crippen molar-refractivity contribution < 1.29 is 58.3 Å². The number of phosphoric ester groups is 1. The zero-order valence-corrected chi connectivity index (χ0v) is 19.4. The van der Waals surface area contributed by atoms with Crippen molar-refractivity contribution in [3.8, 4) is 0 Å². The van der Waals surface area contributed by atoms with Gasteiger partial charge in [0.25, 0.3) is 0 Å². The van der Waals surface area contributed by atoms with Gasteiger partial charge in [-0.3, -0.25) is 0 Å². The number of nitrogens with zero attached hydrogens (tertiary/aromatic N) is 1. The van der Waals surface area contributed by atoms with Gasteiger partial charge < -0.3 is 18.9 Å². The number of unbranched alkanes of at least 4 members (excludes halogenated alkanes) is 9. The Morgan fingerprint density at radius 3 is 1.50 bits per heavy atom. The molecule has 0 radical (unpaired) electrons. The summed E-state index contributed by atoms with van der Waals surface area (Å²) in [7, 11) is -0.984. The van der Waals surface area contributed by atoms with Crippen LogP contribution in [-0.2, 0) is 9.09 Å². The van der Waals surface area contributed by atoms with Crippen molar-refractivity contribution in [1.29, 1.82) is 0 Å². The first-order valence-electron chi connectivity index (χ1n) is 8.84. The summed E-state index contributed by atoms with van der Waals surface area (Å²) in [5.41, 5.74) is 0. The molecule has 0 amide bonds. The van der Waals surface area contributed by atoms with E-state index in [0.29, 0.717) is 0 Å². The summed E-state index contributed by atoms with van der Waals surface area (Å²) in [6, 6.07) is 0. The molecule has 0 saturated heterocycles. The zero-order chi connectivity index (χ0) is 18.2. The van der Waals surface area contributed by atoms with E-state index >= 15 is 0 Å². The molecule has 0 unspecified atom stereocenters. The van der Waals surface area contributed by atoms with Crippen LogP contribution in [0.25, 0.3) is 0 Å². The Labute approximate surface area is 171 Å². The Morgan fingerprint density at radius 2 is 1.25 bits per heavy atom. The van der Waals surface area contributed by atoms with Gasteiger partial charge in [-0.15, -0.1) is 0 Å². The largest absolute Gasteiger partial charge is 1.00 e. The summed E-state index contributed by atoms with van der Waals surface area (Å²) in [5, 5.41) is 9.48. The van der Waals surface area contributed by atoms with Crippen LogP contribution in [0.3, 0.4) is 0 Å². The Morgan fingerprint density at radius 1 is 0.875 bits per heavy atom. The van der Waals surface area contributed by atoms with Gasteiger partial charge in [0.1, 0.15) is 6.54 Å². The molecule has 24 heavy (non-hydrogen) atoms. The summed E-state index contributed by atoms with van der Waals surface area (Å²) < 4.78 is 13.3. The molecule has 6 nitrogen and oxygen atoms in total. The maximum atomic E-state index is 9.48. The number of hydrogen-bond donors (Lipinski definition) is 1. The molecule has 0 rings (SSSR count). The topological polar surface area (TPSA) is 92.7 Å². The molecule has 0 bridgehead atoms. The minimum Gasteiger partial charge on any atom is -0.790 e. The van der Waals surface area contributed by atoms with Crippen molar-refractivity contribution in [1.82, 2.24) is 0 Å². The SMILES string of the molecule is CCCCCCCCCCCC[N+](C)(C)O.CCOP(=O)([O-])[O-].[Na+]. The van der Waals surface area contributed by atoms with E-state index in [4.69, 9.17) is 0 Å². The third-order valence-electron chi connectivity index (χ3n) is 3.35. The van der Waals surface area contributed by atoms with Crippen molar-refractivity contribution in [2.75, 3.05) is 27.2 Å². The minimum atomic E-state index is -4.67. The van der Waals surface area contributed by atoms with Gasteiger partial charge in [0.05, 0.1) is 21.9 Å². The smallest absolute Gasteiger partial charge is 0.790 e. The Bertz CT molecular complexity index is 295. The molecule has 0 heterocycles. The molecule has 0 fully saturated rings. The van der Waals surface area contributed by atoms with E-state index in [1.54, 1.807) is 0 Å². The second-order valence-corrected chi connectivity index (χ2v) is 7.54. The van der Waals surface area contributed by atoms with Crippen LogP contribution >= 0.6 is 7.82 Å². The van der Waals surface area contributed by atoms with Crippen LogP contribution in [0.5, 0.6) is 0 Å². The third-order valence-corrected chi connectivity index (χ3v) is 3.92.